The van der Waals surface area contributed by atoms with Gasteiger partial charge in [0.05, 0.1) is 16.7 Å². The van der Waals surface area contributed by atoms with Gasteiger partial charge in [-0.15, -0.1) is 0 Å². The highest BCUT2D eigenvalue weighted by Crippen LogP contribution is 2.36. The van der Waals surface area contributed by atoms with E-state index in [2.05, 4.69) is 45.1 Å². The first-order valence-electron chi connectivity index (χ1n) is 11.3. The number of carbonyl (C=O) groups is 1. The molecular weight excluding hydrogens is 446 g/mol. The predicted molar refractivity (Wildman–Crippen MR) is 136 cm³/mol. The minimum absolute atomic E-state index is 0.0278. The van der Waals surface area contributed by atoms with Crippen LogP contribution in [0.1, 0.15) is 52.4 Å². The molecule has 0 saturated carbocycles. The first-order chi connectivity index (χ1) is 16.4. The van der Waals surface area contributed by atoms with Crippen molar-refractivity contribution in [3.05, 3.63) is 82.1 Å². The Bertz CT molecular complexity index is 1200. The van der Waals surface area contributed by atoms with Gasteiger partial charge in [-0.05, 0) is 53.1 Å². The summed E-state index contributed by atoms with van der Waals surface area (Å²) >= 11 is 0. The van der Waals surface area contributed by atoms with E-state index < -0.39 is 10.8 Å². The van der Waals surface area contributed by atoms with E-state index >= 15 is 0 Å². The number of amides is 1. The summed E-state index contributed by atoms with van der Waals surface area (Å²) in [5.41, 5.74) is 4.15. The molecular formula is C27H31N3O5. The molecule has 3 rings (SSSR count). The average Bonchev–Trinajstić information content (AvgIpc) is 3.25. The van der Waals surface area contributed by atoms with Crippen LogP contribution in [0.3, 0.4) is 0 Å². The van der Waals surface area contributed by atoms with Crippen molar-refractivity contribution in [3.63, 3.8) is 0 Å². The molecule has 1 amide bonds. The van der Waals surface area contributed by atoms with Crippen molar-refractivity contribution in [3.8, 4) is 17.1 Å². The van der Waals surface area contributed by atoms with Gasteiger partial charge in [-0.1, -0.05) is 58.9 Å². The molecule has 0 aliphatic carbocycles. The van der Waals surface area contributed by atoms with E-state index in [1.165, 1.54) is 17.8 Å². The molecule has 0 bridgehead atoms. The van der Waals surface area contributed by atoms with Crippen molar-refractivity contribution in [2.24, 2.45) is 10.5 Å². The molecule has 1 heterocycles. The number of para-hydroxylation sites is 1. The first-order valence-corrected chi connectivity index (χ1v) is 11.3. The molecule has 3 aromatic rings. The van der Waals surface area contributed by atoms with Gasteiger partial charge < -0.3 is 9.15 Å². The zero-order chi connectivity index (χ0) is 25.6. The van der Waals surface area contributed by atoms with Crippen molar-refractivity contribution < 1.29 is 18.9 Å². The Labute approximate surface area is 205 Å². The molecule has 8 heteroatoms. The molecule has 2 aromatic carbocycles. The fourth-order valence-corrected chi connectivity index (χ4v) is 4.19. The SMILES string of the molecule is CC(C)(C)CC(C)(C)c1ccc(OCC(=O)N/N=C/c2ccc(-c3ccccc3[N+](=O)[O-])o2)cc1. The van der Waals surface area contributed by atoms with E-state index in [0.29, 0.717) is 22.8 Å². The van der Waals surface area contributed by atoms with Gasteiger partial charge in [0.1, 0.15) is 17.3 Å². The summed E-state index contributed by atoms with van der Waals surface area (Å²) in [5, 5.41) is 15.1. The lowest BCUT2D eigenvalue weighted by atomic mass is 9.72. The Hall–Kier alpha value is -3.94. The largest absolute Gasteiger partial charge is 0.484 e. The number of nitrogens with one attached hydrogen (secondary N) is 1. The number of nitro benzene ring substituents is 1. The Balaban J connectivity index is 1.52. The van der Waals surface area contributed by atoms with Gasteiger partial charge in [0.25, 0.3) is 11.6 Å². The number of rotatable bonds is 9. The number of carbonyl (C=O) groups excluding carboxylic acids is 1. The highest BCUT2D eigenvalue weighted by atomic mass is 16.6. The monoisotopic (exact) mass is 477 g/mol. The van der Waals surface area contributed by atoms with Crippen LogP contribution in [0.25, 0.3) is 11.3 Å². The van der Waals surface area contributed by atoms with Crippen LogP contribution in [-0.2, 0) is 10.2 Å². The lowest BCUT2D eigenvalue weighted by molar-refractivity contribution is -0.384. The zero-order valence-electron chi connectivity index (χ0n) is 20.7. The molecule has 0 atom stereocenters. The van der Waals surface area contributed by atoms with Gasteiger partial charge in [0.2, 0.25) is 0 Å². The molecule has 0 radical (unpaired) electrons. The second kappa shape index (κ2) is 10.5. The number of benzene rings is 2. The molecule has 1 aromatic heterocycles. The van der Waals surface area contributed by atoms with E-state index in [1.54, 1.807) is 30.3 Å². The number of hydrogen-bond acceptors (Lipinski definition) is 6. The van der Waals surface area contributed by atoms with Gasteiger partial charge in [-0.25, -0.2) is 5.43 Å². The smallest absolute Gasteiger partial charge is 0.280 e. The third-order valence-electron chi connectivity index (χ3n) is 5.35. The lowest BCUT2D eigenvalue weighted by Crippen LogP contribution is -2.25. The van der Waals surface area contributed by atoms with Gasteiger partial charge in [0, 0.05) is 6.07 Å². The number of nitro groups is 1. The van der Waals surface area contributed by atoms with E-state index in [-0.39, 0.29) is 23.1 Å². The maximum Gasteiger partial charge on any atom is 0.280 e. The van der Waals surface area contributed by atoms with Gasteiger partial charge in [-0.2, -0.15) is 5.10 Å². The zero-order valence-corrected chi connectivity index (χ0v) is 20.7. The number of nitrogens with zero attached hydrogens (tertiary/aromatic N) is 2. The molecule has 1 N–H and O–H groups in total. The van der Waals surface area contributed by atoms with Crippen molar-refractivity contribution in [1.29, 1.82) is 0 Å². The standard InChI is InChI=1S/C27H31N3O5/c1-26(2,3)18-27(4,5)19-10-12-20(13-11-19)34-17-25(31)29-28-16-21-14-15-24(35-21)22-8-6-7-9-23(22)30(32)33/h6-16H,17-18H2,1-5H3,(H,29,31)/b28-16+. The summed E-state index contributed by atoms with van der Waals surface area (Å²) in [4.78, 5) is 22.8. The van der Waals surface area contributed by atoms with Crippen LogP contribution in [0.4, 0.5) is 5.69 Å². The fourth-order valence-electron chi connectivity index (χ4n) is 4.19. The summed E-state index contributed by atoms with van der Waals surface area (Å²) in [7, 11) is 0. The fraction of sp³-hybridized carbons (Fsp3) is 0.333. The molecule has 0 unspecified atom stereocenters. The van der Waals surface area contributed by atoms with E-state index in [0.717, 1.165) is 6.42 Å². The van der Waals surface area contributed by atoms with Gasteiger partial charge >= 0.3 is 0 Å². The topological polar surface area (TPSA) is 107 Å². The summed E-state index contributed by atoms with van der Waals surface area (Å²) in [6, 6.07) is 17.3. The number of ether oxygens (including phenoxy) is 1. The number of hydrazone groups is 1. The average molecular weight is 478 g/mol. The van der Waals surface area contributed by atoms with Crippen LogP contribution in [-0.4, -0.2) is 23.7 Å². The molecule has 0 aliphatic rings. The highest BCUT2D eigenvalue weighted by Gasteiger charge is 2.27. The van der Waals surface area contributed by atoms with Crippen LogP contribution < -0.4 is 10.2 Å². The summed E-state index contributed by atoms with van der Waals surface area (Å²) in [6.07, 6.45) is 2.36. The summed E-state index contributed by atoms with van der Waals surface area (Å²) in [5.74, 6) is 0.846. The van der Waals surface area contributed by atoms with Crippen LogP contribution in [0.15, 0.2) is 70.2 Å². The van der Waals surface area contributed by atoms with E-state index in [1.807, 2.05) is 24.3 Å². The second-order valence-corrected chi connectivity index (χ2v) is 10.2. The Morgan fingerprint density at radius 2 is 1.74 bits per heavy atom. The molecule has 0 spiro atoms. The first kappa shape index (κ1) is 25.7. The number of hydrogen-bond donors (Lipinski definition) is 1. The van der Waals surface area contributed by atoms with E-state index in [9.17, 15) is 14.9 Å². The molecule has 8 nitrogen and oxygen atoms in total. The van der Waals surface area contributed by atoms with Gasteiger partial charge in [0.15, 0.2) is 6.61 Å². The normalized spacial score (nSPS) is 12.0. The molecule has 0 saturated heterocycles. The molecule has 35 heavy (non-hydrogen) atoms. The molecule has 184 valence electrons. The van der Waals surface area contributed by atoms with Crippen molar-refractivity contribution in [1.82, 2.24) is 5.43 Å². The van der Waals surface area contributed by atoms with Crippen LogP contribution in [0.5, 0.6) is 5.75 Å². The third-order valence-corrected chi connectivity index (χ3v) is 5.35. The van der Waals surface area contributed by atoms with Crippen LogP contribution in [0, 0.1) is 15.5 Å². The van der Waals surface area contributed by atoms with Crippen molar-refractivity contribution in [2.75, 3.05) is 6.61 Å². The summed E-state index contributed by atoms with van der Waals surface area (Å²) < 4.78 is 11.2. The minimum Gasteiger partial charge on any atom is -0.484 e. The Kier molecular flexibility index (Phi) is 7.74. The van der Waals surface area contributed by atoms with E-state index in [4.69, 9.17) is 9.15 Å². The second-order valence-electron chi connectivity index (χ2n) is 10.2. The van der Waals surface area contributed by atoms with Crippen molar-refractivity contribution >= 4 is 17.8 Å². The van der Waals surface area contributed by atoms with Gasteiger partial charge in [-0.3, -0.25) is 14.9 Å². The van der Waals surface area contributed by atoms with Crippen LogP contribution >= 0.6 is 0 Å². The molecule has 0 aliphatic heterocycles. The van der Waals surface area contributed by atoms with Crippen LogP contribution in [0.2, 0.25) is 0 Å². The van der Waals surface area contributed by atoms with Crippen molar-refractivity contribution in [2.45, 2.75) is 46.5 Å². The molecule has 0 fully saturated rings. The lowest BCUT2D eigenvalue weighted by Gasteiger charge is -2.33. The Morgan fingerprint density at radius 3 is 2.40 bits per heavy atom. The third kappa shape index (κ3) is 7.27. The summed E-state index contributed by atoms with van der Waals surface area (Å²) in [6.45, 7) is 10.9. The predicted octanol–water partition coefficient (Wildman–Crippen LogP) is 6.10. The minimum atomic E-state index is -0.466. The number of furan rings is 1. The highest BCUT2D eigenvalue weighted by molar-refractivity contribution is 5.82. The Morgan fingerprint density at radius 1 is 1.06 bits per heavy atom. The maximum absolute atomic E-state index is 12.1. The maximum atomic E-state index is 12.1. The quantitative estimate of drug-likeness (QED) is 0.228.